The Balaban J connectivity index is 0.000000810. The molecule has 0 fully saturated rings. The fourth-order valence-electron chi connectivity index (χ4n) is 0.639. The van der Waals surface area contributed by atoms with Crippen molar-refractivity contribution in [3.63, 3.8) is 0 Å². The highest BCUT2D eigenvalue weighted by molar-refractivity contribution is 4.65. The van der Waals surface area contributed by atoms with Gasteiger partial charge >= 0.3 is 0 Å². The molecule has 0 radical (unpaired) electrons. The topological polar surface area (TPSA) is 43.5 Å². The number of imidazole rings is 1. The molecule has 4 heteroatoms. The molecular weight excluding hydrogens is 150 g/mol. The van der Waals surface area contributed by atoms with Crippen molar-refractivity contribution in [1.29, 1.82) is 5.26 Å². The second-order valence-electron chi connectivity index (χ2n) is 1.76. The molecule has 0 aliphatic heterocycles. The maximum absolute atomic E-state index is 8.19. The number of nitriles is 1. The highest BCUT2D eigenvalue weighted by atomic mass is 35.5. The highest BCUT2D eigenvalue weighted by Gasteiger charge is 1.92. The minimum Gasteiger partial charge on any atom is -1.00 e. The molecule has 1 aromatic rings. The van der Waals surface area contributed by atoms with Crippen LogP contribution in [0.25, 0.3) is 0 Å². The SMILES string of the molecule is N#CCC[n+]1cc[nH]c1.[Cl-]. The number of hydrogen-bond acceptors (Lipinski definition) is 1. The van der Waals surface area contributed by atoms with Gasteiger partial charge in [0.15, 0.2) is 0 Å². The van der Waals surface area contributed by atoms with E-state index in [1.54, 1.807) is 0 Å². The van der Waals surface area contributed by atoms with Crippen LogP contribution in [0.2, 0.25) is 0 Å². The first-order valence-corrected chi connectivity index (χ1v) is 2.82. The lowest BCUT2D eigenvalue weighted by Gasteiger charge is -1.84. The quantitative estimate of drug-likeness (QED) is 0.464. The van der Waals surface area contributed by atoms with E-state index in [4.69, 9.17) is 5.26 Å². The van der Waals surface area contributed by atoms with E-state index in [1.807, 2.05) is 23.3 Å². The molecule has 0 aliphatic rings. The number of H-pyrrole nitrogens is 1. The molecule has 1 N–H and O–H groups in total. The van der Waals surface area contributed by atoms with E-state index in [9.17, 15) is 0 Å². The molecule has 0 spiro atoms. The highest BCUT2D eigenvalue weighted by Crippen LogP contribution is 1.74. The van der Waals surface area contributed by atoms with Crippen LogP contribution in [0.3, 0.4) is 0 Å². The first-order valence-electron chi connectivity index (χ1n) is 2.82. The van der Waals surface area contributed by atoms with Gasteiger partial charge in [0.25, 0.3) is 0 Å². The lowest BCUT2D eigenvalue weighted by molar-refractivity contribution is -0.694. The zero-order valence-corrected chi connectivity index (χ0v) is 6.17. The van der Waals surface area contributed by atoms with Crippen molar-refractivity contribution < 1.29 is 17.0 Å². The summed E-state index contributed by atoms with van der Waals surface area (Å²) in [7, 11) is 0. The van der Waals surface area contributed by atoms with Crippen LogP contribution < -0.4 is 17.0 Å². The van der Waals surface area contributed by atoms with Crippen LogP contribution in [0.5, 0.6) is 0 Å². The van der Waals surface area contributed by atoms with Crippen molar-refractivity contribution in [3.8, 4) is 6.07 Å². The molecule has 0 atom stereocenters. The minimum atomic E-state index is 0. The average molecular weight is 158 g/mol. The molecule has 0 saturated carbocycles. The van der Waals surface area contributed by atoms with Crippen molar-refractivity contribution in [1.82, 2.24) is 4.98 Å². The third-order valence-electron chi connectivity index (χ3n) is 1.08. The molecule has 0 unspecified atom stereocenters. The Bertz CT molecular complexity index is 199. The Morgan fingerprint density at radius 1 is 1.60 bits per heavy atom. The van der Waals surface area contributed by atoms with Crippen LogP contribution >= 0.6 is 0 Å². The Hall–Kier alpha value is -1.01. The Morgan fingerprint density at radius 3 is 2.90 bits per heavy atom. The third-order valence-corrected chi connectivity index (χ3v) is 1.08. The third kappa shape index (κ3) is 2.51. The van der Waals surface area contributed by atoms with Gasteiger partial charge in [0.05, 0.1) is 12.5 Å². The number of hydrogen-bond donors (Lipinski definition) is 1. The predicted molar refractivity (Wildman–Crippen MR) is 31.2 cm³/mol. The number of halogens is 1. The van der Waals surface area contributed by atoms with E-state index in [2.05, 4.69) is 11.1 Å². The van der Waals surface area contributed by atoms with Crippen LogP contribution in [0, 0.1) is 11.3 Å². The molecule has 0 bridgehead atoms. The summed E-state index contributed by atoms with van der Waals surface area (Å²) >= 11 is 0. The zero-order chi connectivity index (χ0) is 6.53. The van der Waals surface area contributed by atoms with Crippen LogP contribution in [-0.2, 0) is 6.54 Å². The Labute approximate surface area is 65.7 Å². The fraction of sp³-hybridized carbons (Fsp3) is 0.333. The molecule has 0 saturated heterocycles. The van der Waals surface area contributed by atoms with Gasteiger partial charge in [0, 0.05) is 0 Å². The van der Waals surface area contributed by atoms with Crippen LogP contribution in [0.1, 0.15) is 6.42 Å². The summed E-state index contributed by atoms with van der Waals surface area (Å²) in [5, 5.41) is 8.19. The van der Waals surface area contributed by atoms with E-state index < -0.39 is 0 Å². The van der Waals surface area contributed by atoms with Gasteiger partial charge in [-0.05, 0) is 0 Å². The van der Waals surface area contributed by atoms with Gasteiger partial charge in [0.1, 0.15) is 18.9 Å². The van der Waals surface area contributed by atoms with E-state index >= 15 is 0 Å². The summed E-state index contributed by atoms with van der Waals surface area (Å²) in [5.74, 6) is 0. The van der Waals surface area contributed by atoms with Crippen molar-refractivity contribution in [2.24, 2.45) is 0 Å². The Kier molecular flexibility index (Phi) is 4.34. The molecule has 1 aromatic heterocycles. The lowest BCUT2D eigenvalue weighted by Crippen LogP contribution is -3.00. The number of nitrogens with zero attached hydrogens (tertiary/aromatic N) is 2. The largest absolute Gasteiger partial charge is 1.00 e. The van der Waals surface area contributed by atoms with Crippen molar-refractivity contribution in [2.45, 2.75) is 13.0 Å². The minimum absolute atomic E-state index is 0. The van der Waals surface area contributed by atoms with Gasteiger partial charge in [-0.25, -0.2) is 4.57 Å². The average Bonchev–Trinajstić information content (AvgIpc) is 2.34. The van der Waals surface area contributed by atoms with E-state index in [0.29, 0.717) is 6.42 Å². The summed E-state index contributed by atoms with van der Waals surface area (Å²) in [5.41, 5.74) is 0. The summed E-state index contributed by atoms with van der Waals surface area (Å²) in [4.78, 5) is 2.89. The van der Waals surface area contributed by atoms with Crippen LogP contribution in [0.15, 0.2) is 18.7 Å². The van der Waals surface area contributed by atoms with E-state index in [-0.39, 0.29) is 12.4 Å². The molecule has 1 heterocycles. The smallest absolute Gasteiger partial charge is 0.241 e. The standard InChI is InChI=1S/C6H7N3.ClH/c7-2-1-4-9-5-3-8-6-9;/h3,5-6H,1,4H2;1H. The summed E-state index contributed by atoms with van der Waals surface area (Å²) in [6.07, 6.45) is 6.13. The maximum atomic E-state index is 8.19. The number of rotatable bonds is 2. The van der Waals surface area contributed by atoms with E-state index in [1.165, 1.54) is 0 Å². The molecule has 0 amide bonds. The predicted octanol–water partition coefficient (Wildman–Crippen LogP) is -2.78. The van der Waals surface area contributed by atoms with Gasteiger partial charge in [0.2, 0.25) is 6.33 Å². The first kappa shape index (κ1) is 8.99. The molecule has 10 heavy (non-hydrogen) atoms. The number of aryl methyl sites for hydroxylation is 1. The summed E-state index contributed by atoms with van der Waals surface area (Å²) < 4.78 is 1.93. The van der Waals surface area contributed by atoms with Gasteiger partial charge in [-0.1, -0.05) is 0 Å². The van der Waals surface area contributed by atoms with Gasteiger partial charge < -0.3 is 12.4 Å². The van der Waals surface area contributed by atoms with Gasteiger partial charge in [-0.15, -0.1) is 0 Å². The van der Waals surface area contributed by atoms with Crippen LogP contribution in [0.4, 0.5) is 0 Å². The van der Waals surface area contributed by atoms with E-state index in [0.717, 1.165) is 6.54 Å². The molecular formula is C6H8ClN3. The second kappa shape index (κ2) is 4.83. The number of aromatic nitrogens is 2. The first-order chi connectivity index (χ1) is 4.43. The summed E-state index contributed by atoms with van der Waals surface area (Å²) in [6.45, 7) is 0.778. The monoisotopic (exact) mass is 157 g/mol. The van der Waals surface area contributed by atoms with Crippen molar-refractivity contribution >= 4 is 0 Å². The second-order valence-corrected chi connectivity index (χ2v) is 1.76. The van der Waals surface area contributed by atoms with Crippen molar-refractivity contribution in [3.05, 3.63) is 18.7 Å². The molecule has 0 aliphatic carbocycles. The number of nitrogens with one attached hydrogen (secondary N) is 1. The number of aromatic amines is 1. The lowest BCUT2D eigenvalue weighted by atomic mass is 10.5. The van der Waals surface area contributed by atoms with Crippen molar-refractivity contribution in [2.75, 3.05) is 0 Å². The molecule has 3 nitrogen and oxygen atoms in total. The zero-order valence-electron chi connectivity index (χ0n) is 5.42. The molecule has 0 aromatic carbocycles. The maximum Gasteiger partial charge on any atom is 0.241 e. The normalized spacial score (nSPS) is 7.90. The van der Waals surface area contributed by atoms with Gasteiger partial charge in [-0.3, -0.25) is 4.98 Å². The van der Waals surface area contributed by atoms with Gasteiger partial charge in [-0.2, -0.15) is 5.26 Å². The molecule has 1 rings (SSSR count). The summed E-state index contributed by atoms with van der Waals surface area (Å²) in [6, 6.07) is 2.07. The fourth-order valence-corrected chi connectivity index (χ4v) is 0.639. The van der Waals surface area contributed by atoms with Crippen LogP contribution in [-0.4, -0.2) is 4.98 Å². The Morgan fingerprint density at radius 2 is 2.40 bits per heavy atom. The molecule has 54 valence electrons.